The third-order valence-electron chi connectivity index (χ3n) is 6.34. The number of carbonyl (C=O) groups excluding carboxylic acids is 1. The molecule has 0 bridgehead atoms. The first-order valence-electron chi connectivity index (χ1n) is 11.4. The van der Waals surface area contributed by atoms with Crippen molar-refractivity contribution in [1.82, 2.24) is 19.4 Å². The lowest BCUT2D eigenvalue weighted by Gasteiger charge is -2.26. The van der Waals surface area contributed by atoms with Gasteiger partial charge in [0.15, 0.2) is 0 Å². The van der Waals surface area contributed by atoms with Crippen LogP contribution in [0.5, 0.6) is 0 Å². The summed E-state index contributed by atoms with van der Waals surface area (Å²) in [5, 5.41) is 7.36. The minimum atomic E-state index is -3.64. The van der Waals surface area contributed by atoms with E-state index in [0.717, 1.165) is 36.2 Å². The highest BCUT2D eigenvalue weighted by atomic mass is 32.2. The third kappa shape index (κ3) is 4.76. The fourth-order valence-electron chi connectivity index (χ4n) is 4.30. The minimum absolute atomic E-state index is 0.137. The van der Waals surface area contributed by atoms with E-state index in [0.29, 0.717) is 24.2 Å². The van der Waals surface area contributed by atoms with Gasteiger partial charge in [-0.3, -0.25) is 4.79 Å². The van der Waals surface area contributed by atoms with E-state index in [1.807, 2.05) is 13.8 Å². The molecule has 34 heavy (non-hydrogen) atoms. The van der Waals surface area contributed by atoms with Crippen LogP contribution < -0.4 is 5.32 Å². The molecular formula is C25H29FN4O3S. The zero-order valence-electron chi connectivity index (χ0n) is 19.6. The number of piperidine rings is 1. The normalized spacial score (nSPS) is 15.8. The number of aromatic nitrogens is 2. The van der Waals surface area contributed by atoms with Gasteiger partial charge in [-0.25, -0.2) is 17.5 Å². The number of halogens is 1. The van der Waals surface area contributed by atoms with Gasteiger partial charge in [0.1, 0.15) is 5.82 Å². The van der Waals surface area contributed by atoms with Gasteiger partial charge in [0.2, 0.25) is 10.0 Å². The van der Waals surface area contributed by atoms with Gasteiger partial charge in [-0.2, -0.15) is 9.40 Å². The van der Waals surface area contributed by atoms with Crippen LogP contribution in [0.1, 0.15) is 59.4 Å². The Bertz CT molecular complexity index is 1300. The zero-order valence-corrected chi connectivity index (χ0v) is 20.4. The fraction of sp³-hybridized carbons (Fsp3) is 0.360. The molecule has 1 N–H and O–H groups in total. The molecule has 9 heteroatoms. The van der Waals surface area contributed by atoms with Crippen LogP contribution in [0.3, 0.4) is 0 Å². The van der Waals surface area contributed by atoms with Crippen LogP contribution in [0.4, 0.5) is 4.39 Å². The molecule has 1 aliphatic heterocycles. The quantitative estimate of drug-likeness (QED) is 0.566. The fourth-order valence-corrected chi connectivity index (χ4v) is 5.85. The first kappa shape index (κ1) is 24.1. The van der Waals surface area contributed by atoms with Crippen LogP contribution in [-0.2, 0) is 10.0 Å². The van der Waals surface area contributed by atoms with Crippen molar-refractivity contribution in [3.8, 4) is 5.69 Å². The van der Waals surface area contributed by atoms with Crippen LogP contribution >= 0.6 is 0 Å². The molecule has 2 heterocycles. The molecule has 0 spiro atoms. The lowest BCUT2D eigenvalue weighted by molar-refractivity contribution is 0.0939. The Morgan fingerprint density at radius 2 is 1.74 bits per heavy atom. The highest BCUT2D eigenvalue weighted by Gasteiger charge is 2.27. The predicted octanol–water partition coefficient (Wildman–Crippen LogP) is 4.29. The summed E-state index contributed by atoms with van der Waals surface area (Å²) in [5.41, 5.74) is 3.37. The molecule has 0 radical (unpaired) electrons. The van der Waals surface area contributed by atoms with Crippen LogP contribution in [-0.4, -0.2) is 41.5 Å². The van der Waals surface area contributed by atoms with E-state index in [1.165, 1.54) is 22.5 Å². The molecule has 1 aromatic heterocycles. The number of hydrogen-bond acceptors (Lipinski definition) is 4. The number of rotatable bonds is 6. The SMILES string of the molecule is Cc1ccc(S(=O)(=O)N2CCCCC2)cc1C(=O)NC(C)c1cnn(-c2ccc(F)cc2)c1C. The number of benzene rings is 2. The lowest BCUT2D eigenvalue weighted by atomic mass is 10.1. The summed E-state index contributed by atoms with van der Waals surface area (Å²) in [5.74, 6) is -0.677. The summed E-state index contributed by atoms with van der Waals surface area (Å²) in [7, 11) is -3.64. The van der Waals surface area contributed by atoms with E-state index in [1.54, 1.807) is 42.1 Å². The smallest absolute Gasteiger partial charge is 0.252 e. The molecule has 4 rings (SSSR count). The number of sulfonamides is 1. The molecule has 3 aromatic rings. The van der Waals surface area contributed by atoms with Crippen molar-refractivity contribution in [2.75, 3.05) is 13.1 Å². The highest BCUT2D eigenvalue weighted by molar-refractivity contribution is 7.89. The Hall–Kier alpha value is -3.04. The summed E-state index contributed by atoms with van der Waals surface area (Å²) >= 11 is 0. The number of nitrogens with one attached hydrogen (secondary N) is 1. The summed E-state index contributed by atoms with van der Waals surface area (Å²) < 4.78 is 42.6. The molecule has 1 saturated heterocycles. The van der Waals surface area contributed by atoms with E-state index in [2.05, 4.69) is 10.4 Å². The van der Waals surface area contributed by atoms with Gasteiger partial charge in [0.25, 0.3) is 5.91 Å². The van der Waals surface area contributed by atoms with Crippen LogP contribution in [0.25, 0.3) is 5.69 Å². The highest BCUT2D eigenvalue weighted by Crippen LogP contribution is 2.24. The van der Waals surface area contributed by atoms with Crippen LogP contribution in [0.15, 0.2) is 53.6 Å². The molecule has 1 atom stereocenters. The summed E-state index contributed by atoms with van der Waals surface area (Å²) in [6.07, 6.45) is 4.40. The second-order valence-electron chi connectivity index (χ2n) is 8.71. The average molecular weight is 485 g/mol. The number of amides is 1. The molecule has 7 nitrogen and oxygen atoms in total. The topological polar surface area (TPSA) is 84.3 Å². The predicted molar refractivity (Wildman–Crippen MR) is 128 cm³/mol. The molecule has 2 aromatic carbocycles. The maximum atomic E-state index is 13.3. The summed E-state index contributed by atoms with van der Waals surface area (Å²) in [4.78, 5) is 13.3. The Labute approximate surface area is 199 Å². The van der Waals surface area contributed by atoms with E-state index in [9.17, 15) is 17.6 Å². The lowest BCUT2D eigenvalue weighted by Crippen LogP contribution is -2.35. The standard InChI is InChI=1S/C25H29FN4O3S/c1-17-7-12-22(34(32,33)29-13-5-4-6-14-29)15-23(17)25(31)28-18(2)24-16-27-30(19(24)3)21-10-8-20(26)9-11-21/h7-12,15-16,18H,4-6,13-14H2,1-3H3,(H,28,31). The van der Waals surface area contributed by atoms with Gasteiger partial charge in [-0.1, -0.05) is 12.5 Å². The van der Waals surface area contributed by atoms with E-state index >= 15 is 0 Å². The number of carbonyl (C=O) groups is 1. The average Bonchev–Trinajstić information content (AvgIpc) is 3.21. The van der Waals surface area contributed by atoms with Crippen molar-refractivity contribution < 1.29 is 17.6 Å². The van der Waals surface area contributed by atoms with Crippen molar-refractivity contribution in [3.63, 3.8) is 0 Å². The monoisotopic (exact) mass is 484 g/mol. The van der Waals surface area contributed by atoms with Gasteiger partial charge in [0.05, 0.1) is 22.8 Å². The number of aryl methyl sites for hydroxylation is 1. The zero-order chi connectivity index (χ0) is 24.5. The molecule has 180 valence electrons. The first-order valence-corrected chi connectivity index (χ1v) is 12.8. The molecule has 0 saturated carbocycles. The maximum Gasteiger partial charge on any atom is 0.252 e. The number of nitrogens with zero attached hydrogens (tertiary/aromatic N) is 3. The van der Waals surface area contributed by atoms with Crippen molar-refractivity contribution >= 4 is 15.9 Å². The summed E-state index contributed by atoms with van der Waals surface area (Å²) in [6.45, 7) is 6.53. The number of hydrogen-bond donors (Lipinski definition) is 1. The Kier molecular flexibility index (Phi) is 6.86. The van der Waals surface area contributed by atoms with Crippen molar-refractivity contribution in [1.29, 1.82) is 0 Å². The maximum absolute atomic E-state index is 13.3. The Morgan fingerprint density at radius 3 is 2.41 bits per heavy atom. The van der Waals surface area contributed by atoms with Gasteiger partial charge >= 0.3 is 0 Å². The van der Waals surface area contributed by atoms with Crippen molar-refractivity contribution in [3.05, 3.63) is 76.9 Å². The van der Waals surface area contributed by atoms with Gasteiger partial charge in [-0.15, -0.1) is 0 Å². The third-order valence-corrected chi connectivity index (χ3v) is 8.23. The van der Waals surface area contributed by atoms with Gasteiger partial charge in [-0.05, 0) is 75.6 Å². The van der Waals surface area contributed by atoms with E-state index < -0.39 is 10.0 Å². The van der Waals surface area contributed by atoms with Crippen LogP contribution in [0, 0.1) is 19.7 Å². The molecule has 1 fully saturated rings. The summed E-state index contributed by atoms with van der Waals surface area (Å²) in [6, 6.07) is 10.4. The Morgan fingerprint density at radius 1 is 1.06 bits per heavy atom. The molecule has 1 aliphatic rings. The Balaban J connectivity index is 1.55. The minimum Gasteiger partial charge on any atom is -0.345 e. The largest absolute Gasteiger partial charge is 0.345 e. The molecular weight excluding hydrogens is 455 g/mol. The second kappa shape index (κ2) is 9.68. The molecule has 0 aliphatic carbocycles. The molecule has 1 unspecified atom stereocenters. The van der Waals surface area contributed by atoms with Crippen LogP contribution in [0.2, 0.25) is 0 Å². The van der Waals surface area contributed by atoms with Gasteiger partial charge in [0, 0.05) is 29.9 Å². The van der Waals surface area contributed by atoms with Crippen molar-refractivity contribution in [2.24, 2.45) is 0 Å². The first-order chi connectivity index (χ1) is 16.2. The van der Waals surface area contributed by atoms with Gasteiger partial charge < -0.3 is 5.32 Å². The molecule has 1 amide bonds. The van der Waals surface area contributed by atoms with E-state index in [-0.39, 0.29) is 22.7 Å². The second-order valence-corrected chi connectivity index (χ2v) is 10.6. The van der Waals surface area contributed by atoms with Crippen molar-refractivity contribution in [2.45, 2.75) is 51.0 Å². The van der Waals surface area contributed by atoms with E-state index in [4.69, 9.17) is 0 Å².